The molecule has 0 spiro atoms. The molecule has 16 heavy (non-hydrogen) atoms. The van der Waals surface area contributed by atoms with Gasteiger partial charge in [0.1, 0.15) is 5.75 Å². The summed E-state index contributed by atoms with van der Waals surface area (Å²) in [6.45, 7) is 5.16. The lowest BCUT2D eigenvalue weighted by Gasteiger charge is -2.16. The summed E-state index contributed by atoms with van der Waals surface area (Å²) in [5.41, 5.74) is 1.23. The van der Waals surface area contributed by atoms with Crippen LogP contribution in [0.3, 0.4) is 0 Å². The third-order valence-electron chi connectivity index (χ3n) is 2.60. The van der Waals surface area contributed by atoms with Crippen LogP contribution in [0.15, 0.2) is 22.7 Å². The van der Waals surface area contributed by atoms with Gasteiger partial charge < -0.3 is 10.1 Å². The van der Waals surface area contributed by atoms with Crippen molar-refractivity contribution in [3.8, 4) is 5.75 Å². The highest BCUT2D eigenvalue weighted by molar-refractivity contribution is 9.10. The van der Waals surface area contributed by atoms with Crippen LogP contribution in [0.5, 0.6) is 5.75 Å². The van der Waals surface area contributed by atoms with E-state index in [-0.39, 0.29) is 0 Å². The molecule has 1 N–H and O–H groups in total. The Balaban J connectivity index is 2.77. The molecule has 0 bridgehead atoms. The molecule has 0 fully saturated rings. The maximum Gasteiger partial charge on any atom is 0.120 e. The van der Waals surface area contributed by atoms with Crippen LogP contribution in [-0.2, 0) is 6.54 Å². The Morgan fingerprint density at radius 3 is 2.56 bits per heavy atom. The van der Waals surface area contributed by atoms with Gasteiger partial charge in [-0.1, -0.05) is 29.8 Å². The van der Waals surface area contributed by atoms with Gasteiger partial charge in [0.2, 0.25) is 0 Å². The molecule has 0 aliphatic rings. The van der Waals surface area contributed by atoms with Crippen molar-refractivity contribution in [2.45, 2.75) is 39.3 Å². The molecule has 0 unspecified atom stereocenters. The van der Waals surface area contributed by atoms with Crippen LogP contribution in [-0.4, -0.2) is 13.2 Å². The molecule has 1 aromatic rings. The number of rotatable bonds is 6. The maximum absolute atomic E-state index is 5.91. The number of nitrogens with one attached hydrogen (secondary N) is 1. The van der Waals surface area contributed by atoms with E-state index in [0.29, 0.717) is 6.10 Å². The van der Waals surface area contributed by atoms with Crippen molar-refractivity contribution < 1.29 is 4.74 Å². The molecule has 0 aliphatic carbocycles. The first-order valence-electron chi connectivity index (χ1n) is 5.80. The molecule has 0 aliphatic heterocycles. The van der Waals surface area contributed by atoms with Crippen LogP contribution in [0, 0.1) is 0 Å². The van der Waals surface area contributed by atoms with Crippen molar-refractivity contribution in [2.24, 2.45) is 0 Å². The van der Waals surface area contributed by atoms with Crippen LogP contribution in [0.4, 0.5) is 0 Å². The van der Waals surface area contributed by atoms with Gasteiger partial charge in [-0.3, -0.25) is 0 Å². The van der Waals surface area contributed by atoms with Crippen LogP contribution in [0.25, 0.3) is 0 Å². The van der Waals surface area contributed by atoms with Gasteiger partial charge in [-0.2, -0.15) is 0 Å². The quantitative estimate of drug-likeness (QED) is 0.860. The van der Waals surface area contributed by atoms with Crippen molar-refractivity contribution in [3.05, 3.63) is 28.2 Å². The summed E-state index contributed by atoms with van der Waals surface area (Å²) >= 11 is 3.54. The normalized spacial score (nSPS) is 10.8. The second-order valence-corrected chi connectivity index (χ2v) is 4.69. The molecule has 0 aromatic heterocycles. The third-order valence-corrected chi connectivity index (χ3v) is 3.37. The Labute approximate surface area is 107 Å². The average Bonchev–Trinajstić information content (AvgIpc) is 2.30. The van der Waals surface area contributed by atoms with Crippen molar-refractivity contribution >= 4 is 15.9 Å². The zero-order valence-corrected chi connectivity index (χ0v) is 11.8. The lowest BCUT2D eigenvalue weighted by molar-refractivity contribution is 0.192. The smallest absolute Gasteiger partial charge is 0.120 e. The molecule has 0 heterocycles. The number of halogens is 1. The van der Waals surface area contributed by atoms with Crippen LogP contribution >= 0.6 is 15.9 Å². The van der Waals surface area contributed by atoms with Gasteiger partial charge in [0.05, 0.1) is 6.10 Å². The highest BCUT2D eigenvalue weighted by Crippen LogP contribution is 2.24. The van der Waals surface area contributed by atoms with Crippen molar-refractivity contribution in [2.75, 3.05) is 7.05 Å². The first-order chi connectivity index (χ1) is 7.71. The van der Waals surface area contributed by atoms with E-state index in [2.05, 4.69) is 41.2 Å². The first kappa shape index (κ1) is 13.5. The molecule has 0 radical (unpaired) electrons. The van der Waals surface area contributed by atoms with Gasteiger partial charge in [-0.25, -0.2) is 0 Å². The molecule has 3 heteroatoms. The van der Waals surface area contributed by atoms with E-state index in [1.807, 2.05) is 19.2 Å². The van der Waals surface area contributed by atoms with Gasteiger partial charge in [0.25, 0.3) is 0 Å². The highest BCUT2D eigenvalue weighted by atomic mass is 79.9. The number of hydrogen-bond acceptors (Lipinski definition) is 2. The van der Waals surface area contributed by atoms with E-state index < -0.39 is 0 Å². The van der Waals surface area contributed by atoms with Gasteiger partial charge in [0, 0.05) is 11.0 Å². The Bertz CT molecular complexity index is 324. The van der Waals surface area contributed by atoms with Crippen molar-refractivity contribution in [1.82, 2.24) is 5.32 Å². The van der Waals surface area contributed by atoms with Crippen molar-refractivity contribution in [3.63, 3.8) is 0 Å². The van der Waals surface area contributed by atoms with E-state index in [9.17, 15) is 0 Å². The Morgan fingerprint density at radius 1 is 1.31 bits per heavy atom. The molecule has 0 saturated heterocycles. The molecule has 1 aromatic carbocycles. The van der Waals surface area contributed by atoms with E-state index in [1.54, 1.807) is 0 Å². The second kappa shape index (κ2) is 6.92. The summed E-state index contributed by atoms with van der Waals surface area (Å²) in [5, 5.41) is 3.15. The minimum Gasteiger partial charge on any atom is -0.490 e. The average molecular weight is 286 g/mol. The van der Waals surface area contributed by atoms with Gasteiger partial charge in [-0.15, -0.1) is 0 Å². The number of benzene rings is 1. The summed E-state index contributed by atoms with van der Waals surface area (Å²) in [4.78, 5) is 0. The predicted octanol–water partition coefficient (Wildman–Crippen LogP) is 3.74. The molecule has 2 nitrogen and oxygen atoms in total. The molecule has 0 saturated carbocycles. The molecule has 90 valence electrons. The van der Waals surface area contributed by atoms with Crippen LogP contribution in [0.1, 0.15) is 32.3 Å². The van der Waals surface area contributed by atoms with E-state index >= 15 is 0 Å². The molecule has 0 atom stereocenters. The minimum atomic E-state index is 0.323. The maximum atomic E-state index is 5.91. The van der Waals surface area contributed by atoms with Crippen molar-refractivity contribution in [1.29, 1.82) is 0 Å². The topological polar surface area (TPSA) is 21.3 Å². The molecule has 0 amide bonds. The summed E-state index contributed by atoms with van der Waals surface area (Å²) in [6.07, 6.45) is 2.42. The minimum absolute atomic E-state index is 0.323. The zero-order valence-electron chi connectivity index (χ0n) is 10.2. The predicted molar refractivity (Wildman–Crippen MR) is 71.9 cm³/mol. The fourth-order valence-electron chi connectivity index (χ4n) is 1.60. The van der Waals surface area contributed by atoms with E-state index in [4.69, 9.17) is 4.74 Å². The fourth-order valence-corrected chi connectivity index (χ4v) is 1.98. The van der Waals surface area contributed by atoms with E-state index in [0.717, 1.165) is 29.6 Å². The Hall–Kier alpha value is -0.540. The molecular formula is C13H20BrNO. The standard InChI is InChI=1S/C13H20BrNO/c1-4-11(5-2)16-12-6-7-13(14)10(8-12)9-15-3/h6-8,11,15H,4-5,9H2,1-3H3. The SMILES string of the molecule is CCC(CC)Oc1ccc(Br)c(CNC)c1. The van der Waals surface area contributed by atoms with Gasteiger partial charge >= 0.3 is 0 Å². The fraction of sp³-hybridized carbons (Fsp3) is 0.538. The summed E-state index contributed by atoms with van der Waals surface area (Å²) < 4.78 is 7.03. The van der Waals surface area contributed by atoms with E-state index in [1.165, 1.54) is 5.56 Å². The largest absolute Gasteiger partial charge is 0.490 e. The third kappa shape index (κ3) is 3.80. The lowest BCUT2D eigenvalue weighted by atomic mass is 10.2. The molecular weight excluding hydrogens is 266 g/mol. The number of ether oxygens (including phenoxy) is 1. The second-order valence-electron chi connectivity index (χ2n) is 3.84. The molecule has 1 rings (SSSR count). The zero-order chi connectivity index (χ0) is 12.0. The Morgan fingerprint density at radius 2 is 2.00 bits per heavy atom. The van der Waals surface area contributed by atoms with Crippen LogP contribution in [0.2, 0.25) is 0 Å². The highest BCUT2D eigenvalue weighted by Gasteiger charge is 2.07. The lowest BCUT2D eigenvalue weighted by Crippen LogP contribution is -2.14. The summed E-state index contributed by atoms with van der Waals surface area (Å²) in [7, 11) is 1.95. The first-order valence-corrected chi connectivity index (χ1v) is 6.60. The van der Waals surface area contributed by atoms with Gasteiger partial charge in [-0.05, 0) is 43.7 Å². The monoisotopic (exact) mass is 285 g/mol. The summed E-state index contributed by atoms with van der Waals surface area (Å²) in [5.74, 6) is 0.960. The Kier molecular flexibility index (Phi) is 5.85. The van der Waals surface area contributed by atoms with Crippen LogP contribution < -0.4 is 10.1 Å². The summed E-state index contributed by atoms with van der Waals surface area (Å²) in [6, 6.07) is 6.16. The van der Waals surface area contributed by atoms with Gasteiger partial charge in [0.15, 0.2) is 0 Å². The number of hydrogen-bond donors (Lipinski definition) is 1.